The number of amides is 1. The number of nitrogens with zero attached hydrogens (tertiary/aromatic N) is 6. The third kappa shape index (κ3) is 4.75. The number of aryl methyl sites for hydroxylation is 1. The Kier molecular flexibility index (Phi) is 6.47. The Morgan fingerprint density at radius 1 is 1.29 bits per heavy atom. The van der Waals surface area contributed by atoms with Crippen molar-refractivity contribution in [2.45, 2.75) is 32.4 Å². The van der Waals surface area contributed by atoms with E-state index in [0.29, 0.717) is 30.0 Å². The monoisotopic (exact) mass is 475 g/mol. The van der Waals surface area contributed by atoms with Gasteiger partial charge in [0.25, 0.3) is 0 Å². The van der Waals surface area contributed by atoms with E-state index in [1.807, 2.05) is 31.3 Å². The van der Waals surface area contributed by atoms with Crippen molar-refractivity contribution in [3.63, 3.8) is 0 Å². The SMILES string of the molecule is Cc1cc(-c2nc(-c3cnn4ccccc34)nc(CN[C@@H]3CCCN(C(=O)CO)C3)c2F)ccn1. The van der Waals surface area contributed by atoms with Crippen molar-refractivity contribution in [2.24, 2.45) is 0 Å². The van der Waals surface area contributed by atoms with E-state index in [9.17, 15) is 9.90 Å². The summed E-state index contributed by atoms with van der Waals surface area (Å²) in [6.07, 6.45) is 6.80. The first-order valence-electron chi connectivity index (χ1n) is 11.6. The number of piperidine rings is 1. The molecule has 0 aliphatic carbocycles. The number of hydrogen-bond acceptors (Lipinski definition) is 7. The van der Waals surface area contributed by atoms with Gasteiger partial charge in [-0.05, 0) is 44.0 Å². The van der Waals surface area contributed by atoms with Crippen molar-refractivity contribution in [2.75, 3.05) is 19.7 Å². The molecule has 0 aromatic carbocycles. The number of pyridine rings is 2. The second-order valence-electron chi connectivity index (χ2n) is 8.65. The van der Waals surface area contributed by atoms with Crippen molar-refractivity contribution < 1.29 is 14.3 Å². The normalized spacial score (nSPS) is 16.1. The van der Waals surface area contributed by atoms with Gasteiger partial charge in [0.2, 0.25) is 5.91 Å². The Morgan fingerprint density at radius 3 is 3.00 bits per heavy atom. The van der Waals surface area contributed by atoms with Gasteiger partial charge in [-0.25, -0.2) is 18.9 Å². The number of carbonyl (C=O) groups is 1. The average Bonchev–Trinajstić information content (AvgIpc) is 3.32. The molecule has 0 unspecified atom stereocenters. The summed E-state index contributed by atoms with van der Waals surface area (Å²) in [5.41, 5.74) is 3.34. The highest BCUT2D eigenvalue weighted by atomic mass is 19.1. The quantitative estimate of drug-likeness (QED) is 0.441. The number of nitrogens with one attached hydrogen (secondary N) is 1. The van der Waals surface area contributed by atoms with Crippen LogP contribution in [0.2, 0.25) is 0 Å². The van der Waals surface area contributed by atoms with E-state index < -0.39 is 12.4 Å². The van der Waals surface area contributed by atoms with Crippen LogP contribution in [0.3, 0.4) is 0 Å². The third-order valence-corrected chi connectivity index (χ3v) is 6.22. The third-order valence-electron chi connectivity index (χ3n) is 6.22. The number of hydrogen-bond donors (Lipinski definition) is 2. The average molecular weight is 476 g/mol. The number of aliphatic hydroxyl groups is 1. The summed E-state index contributed by atoms with van der Waals surface area (Å²) in [5.74, 6) is -0.410. The highest BCUT2D eigenvalue weighted by Gasteiger charge is 2.24. The fraction of sp³-hybridized carbons (Fsp3) is 0.320. The number of fused-ring (bicyclic) bond motifs is 1. The van der Waals surface area contributed by atoms with Crippen LogP contribution in [0.5, 0.6) is 0 Å². The van der Waals surface area contributed by atoms with Crippen LogP contribution < -0.4 is 5.32 Å². The first-order chi connectivity index (χ1) is 17.0. The summed E-state index contributed by atoms with van der Waals surface area (Å²) in [7, 11) is 0. The first-order valence-corrected chi connectivity index (χ1v) is 11.6. The fourth-order valence-electron chi connectivity index (χ4n) is 4.43. The molecule has 9 nitrogen and oxygen atoms in total. The molecule has 180 valence electrons. The molecule has 5 heterocycles. The topological polar surface area (TPSA) is 109 Å². The molecule has 10 heteroatoms. The van der Waals surface area contributed by atoms with Crippen LogP contribution in [0.25, 0.3) is 28.2 Å². The van der Waals surface area contributed by atoms with Crippen molar-refractivity contribution in [1.29, 1.82) is 0 Å². The molecule has 1 aliphatic rings. The van der Waals surface area contributed by atoms with Gasteiger partial charge in [-0.1, -0.05) is 6.07 Å². The van der Waals surface area contributed by atoms with Gasteiger partial charge in [-0.2, -0.15) is 5.10 Å². The number of aromatic nitrogens is 5. The lowest BCUT2D eigenvalue weighted by Crippen LogP contribution is -2.48. The van der Waals surface area contributed by atoms with Crippen LogP contribution in [0.1, 0.15) is 24.2 Å². The molecule has 2 N–H and O–H groups in total. The van der Waals surface area contributed by atoms with E-state index >= 15 is 4.39 Å². The molecule has 35 heavy (non-hydrogen) atoms. The van der Waals surface area contributed by atoms with Gasteiger partial charge >= 0.3 is 0 Å². The van der Waals surface area contributed by atoms with Crippen molar-refractivity contribution in [1.82, 2.24) is 34.8 Å². The minimum absolute atomic E-state index is 0.0272. The molecule has 1 fully saturated rings. The van der Waals surface area contributed by atoms with E-state index in [0.717, 1.165) is 24.1 Å². The zero-order valence-electron chi connectivity index (χ0n) is 19.4. The Labute approximate surface area is 201 Å². The predicted octanol–water partition coefficient (Wildman–Crippen LogP) is 2.37. The van der Waals surface area contributed by atoms with Crippen molar-refractivity contribution in [3.05, 3.63) is 66.1 Å². The van der Waals surface area contributed by atoms with Gasteiger partial charge in [0.15, 0.2) is 11.6 Å². The summed E-state index contributed by atoms with van der Waals surface area (Å²) in [4.78, 5) is 26.9. The van der Waals surface area contributed by atoms with Crippen molar-refractivity contribution >= 4 is 11.4 Å². The van der Waals surface area contributed by atoms with Crippen LogP contribution in [-0.4, -0.2) is 66.2 Å². The molecule has 4 aromatic heterocycles. The van der Waals surface area contributed by atoms with Gasteiger partial charge in [0.05, 0.1) is 23.0 Å². The molecular weight excluding hydrogens is 449 g/mol. The largest absolute Gasteiger partial charge is 0.387 e. The van der Waals surface area contributed by atoms with E-state index in [2.05, 4.69) is 25.4 Å². The zero-order valence-corrected chi connectivity index (χ0v) is 19.4. The highest BCUT2D eigenvalue weighted by Crippen LogP contribution is 2.28. The highest BCUT2D eigenvalue weighted by molar-refractivity contribution is 5.77. The van der Waals surface area contributed by atoms with Crippen LogP contribution in [-0.2, 0) is 11.3 Å². The second-order valence-corrected chi connectivity index (χ2v) is 8.65. The molecule has 0 radical (unpaired) electrons. The molecule has 5 rings (SSSR count). The summed E-state index contributed by atoms with van der Waals surface area (Å²) < 4.78 is 17.5. The van der Waals surface area contributed by atoms with Gasteiger partial charge in [0, 0.05) is 49.3 Å². The lowest BCUT2D eigenvalue weighted by atomic mass is 10.1. The van der Waals surface area contributed by atoms with E-state index in [4.69, 9.17) is 0 Å². The number of rotatable bonds is 6. The summed E-state index contributed by atoms with van der Waals surface area (Å²) in [6, 6.07) is 9.20. The first kappa shape index (κ1) is 23.0. The summed E-state index contributed by atoms with van der Waals surface area (Å²) >= 11 is 0. The lowest BCUT2D eigenvalue weighted by Gasteiger charge is -2.33. The maximum absolute atomic E-state index is 15.7. The molecule has 1 atom stereocenters. The second kappa shape index (κ2) is 9.85. The Morgan fingerprint density at radius 2 is 2.17 bits per heavy atom. The van der Waals surface area contributed by atoms with E-state index in [1.54, 1.807) is 33.9 Å². The van der Waals surface area contributed by atoms with Gasteiger partial charge < -0.3 is 15.3 Å². The Balaban J connectivity index is 1.51. The molecular formula is C25H26FN7O2. The number of likely N-dealkylation sites (tertiary alicyclic amines) is 1. The van der Waals surface area contributed by atoms with Crippen LogP contribution in [0, 0.1) is 12.7 Å². The minimum atomic E-state index is -0.509. The predicted molar refractivity (Wildman–Crippen MR) is 128 cm³/mol. The smallest absolute Gasteiger partial charge is 0.248 e. The van der Waals surface area contributed by atoms with Gasteiger partial charge in [-0.3, -0.25) is 9.78 Å². The summed E-state index contributed by atoms with van der Waals surface area (Å²) in [6.45, 7) is 2.58. The van der Waals surface area contributed by atoms with Gasteiger partial charge in [-0.15, -0.1) is 0 Å². The maximum Gasteiger partial charge on any atom is 0.248 e. The number of aliphatic hydroxyl groups excluding tert-OH is 1. The van der Waals surface area contributed by atoms with E-state index in [-0.39, 0.29) is 29.9 Å². The molecule has 4 aromatic rings. The summed E-state index contributed by atoms with van der Waals surface area (Å²) in [5, 5.41) is 16.9. The molecule has 0 spiro atoms. The molecule has 1 aliphatic heterocycles. The molecule has 0 saturated carbocycles. The lowest BCUT2D eigenvalue weighted by molar-refractivity contribution is -0.135. The maximum atomic E-state index is 15.7. The fourth-order valence-corrected chi connectivity index (χ4v) is 4.43. The molecule has 1 amide bonds. The van der Waals surface area contributed by atoms with Crippen LogP contribution in [0.15, 0.2) is 48.9 Å². The number of carbonyl (C=O) groups excluding carboxylic acids is 1. The van der Waals surface area contributed by atoms with Gasteiger partial charge in [0.1, 0.15) is 12.3 Å². The van der Waals surface area contributed by atoms with Crippen LogP contribution in [0.4, 0.5) is 4.39 Å². The van der Waals surface area contributed by atoms with Crippen molar-refractivity contribution in [3.8, 4) is 22.6 Å². The minimum Gasteiger partial charge on any atom is -0.387 e. The Bertz CT molecular complexity index is 1370. The molecule has 1 saturated heterocycles. The zero-order chi connectivity index (χ0) is 24.4. The number of halogens is 1. The van der Waals surface area contributed by atoms with E-state index in [1.165, 1.54) is 0 Å². The molecule has 0 bridgehead atoms. The Hall–Kier alpha value is -3.76. The van der Waals surface area contributed by atoms with Crippen LogP contribution >= 0.6 is 0 Å². The standard InChI is InChI=1S/C25H26FN7O2/c1-16-11-17(7-8-27-16)24-23(26)20(13-28-18-5-4-9-32(14-18)22(35)15-34)30-25(31-24)19-12-29-33-10-3-2-6-21(19)33/h2-3,6-8,10-12,18,28,34H,4-5,9,13-15H2,1H3/t18-/m1/s1.